The van der Waals surface area contributed by atoms with Crippen LogP contribution >= 0.6 is 11.6 Å². The van der Waals surface area contributed by atoms with Crippen molar-refractivity contribution in [2.75, 3.05) is 11.5 Å². The molecule has 2 aliphatic carbocycles. The van der Waals surface area contributed by atoms with Gasteiger partial charge < -0.3 is 9.57 Å². The maximum Gasteiger partial charge on any atom is 0.238 e. The van der Waals surface area contributed by atoms with E-state index in [4.69, 9.17) is 21.2 Å². The van der Waals surface area contributed by atoms with Crippen LogP contribution in [0.1, 0.15) is 12.0 Å². The number of anilines is 1. The lowest BCUT2D eigenvalue weighted by atomic mass is 9.71. The molecule has 0 radical (unpaired) electrons. The molecule has 2 aromatic carbocycles. The first-order valence-corrected chi connectivity index (χ1v) is 11.3. The number of benzene rings is 2. The van der Waals surface area contributed by atoms with Crippen molar-refractivity contribution in [1.29, 1.82) is 0 Å². The minimum Gasteiger partial charge on any atom is -0.490 e. The first-order valence-electron chi connectivity index (χ1n) is 10.9. The average molecular weight is 467 g/mol. The van der Waals surface area contributed by atoms with Gasteiger partial charge in [-0.1, -0.05) is 29.4 Å². The molecule has 0 N–H and O–H groups in total. The lowest BCUT2D eigenvalue weighted by Gasteiger charge is -2.29. The summed E-state index contributed by atoms with van der Waals surface area (Å²) in [6.07, 6.45) is 2.21. The van der Waals surface area contributed by atoms with E-state index in [1.807, 2.05) is 24.3 Å². The van der Waals surface area contributed by atoms with Crippen LogP contribution in [0.5, 0.6) is 5.75 Å². The Bertz CT molecular complexity index is 1210. The number of halogens is 2. The quantitative estimate of drug-likeness (QED) is 0.489. The van der Waals surface area contributed by atoms with E-state index in [9.17, 15) is 14.0 Å². The van der Waals surface area contributed by atoms with Crippen molar-refractivity contribution in [3.05, 3.63) is 71.5 Å². The molecule has 2 amide bonds. The van der Waals surface area contributed by atoms with Gasteiger partial charge in [-0.3, -0.25) is 9.59 Å². The molecule has 6 nitrogen and oxygen atoms in total. The monoisotopic (exact) mass is 466 g/mol. The minimum absolute atomic E-state index is 0.0414. The largest absolute Gasteiger partial charge is 0.490 e. The molecule has 2 aliphatic heterocycles. The van der Waals surface area contributed by atoms with Crippen molar-refractivity contribution in [3.63, 3.8) is 0 Å². The fourth-order valence-corrected chi connectivity index (χ4v) is 6.29. The summed E-state index contributed by atoms with van der Waals surface area (Å²) in [6.45, 7) is 4.07. The van der Waals surface area contributed by atoms with Crippen molar-refractivity contribution < 1.29 is 23.6 Å². The average Bonchev–Trinajstić information content (AvgIpc) is 3.55. The number of fused-ring (bicyclic) bond motifs is 8. The number of carbonyl (C=O) groups is 2. The van der Waals surface area contributed by atoms with Crippen LogP contribution in [-0.4, -0.2) is 30.2 Å². The Balaban J connectivity index is 1.28. The van der Waals surface area contributed by atoms with E-state index in [1.54, 1.807) is 6.08 Å². The normalized spacial score (nSPS) is 31.3. The minimum atomic E-state index is -0.593. The lowest BCUT2D eigenvalue weighted by Crippen LogP contribution is -2.41. The van der Waals surface area contributed by atoms with Crippen LogP contribution in [0.25, 0.3) is 0 Å². The summed E-state index contributed by atoms with van der Waals surface area (Å²) >= 11 is 5.91. The molecule has 6 rings (SSSR count). The smallest absolute Gasteiger partial charge is 0.238 e. The third-order valence-electron chi connectivity index (χ3n) is 7.37. The van der Waals surface area contributed by atoms with Crippen LogP contribution in [0.3, 0.4) is 0 Å². The number of imide groups is 1. The van der Waals surface area contributed by atoms with Gasteiger partial charge in [-0.15, -0.1) is 0 Å². The number of carbonyl (C=O) groups excluding carboxylic acids is 2. The highest BCUT2D eigenvalue weighted by Crippen LogP contribution is 2.62. The van der Waals surface area contributed by atoms with Gasteiger partial charge in [0.25, 0.3) is 0 Å². The van der Waals surface area contributed by atoms with E-state index in [0.29, 0.717) is 12.3 Å². The summed E-state index contributed by atoms with van der Waals surface area (Å²) in [6, 6.07) is 11.5. The number of rotatable bonds is 5. The molecule has 0 spiro atoms. The van der Waals surface area contributed by atoms with Crippen LogP contribution in [0.15, 0.2) is 60.3 Å². The molecule has 4 aliphatic rings. The predicted molar refractivity (Wildman–Crippen MR) is 120 cm³/mol. The Morgan fingerprint density at radius 2 is 1.85 bits per heavy atom. The van der Waals surface area contributed by atoms with E-state index in [0.717, 1.165) is 23.4 Å². The van der Waals surface area contributed by atoms with E-state index >= 15 is 0 Å². The van der Waals surface area contributed by atoms with Gasteiger partial charge in [0.1, 0.15) is 24.3 Å². The number of hydrogen-bond donors (Lipinski definition) is 0. The summed E-state index contributed by atoms with van der Waals surface area (Å²) in [5.41, 5.74) is 2.03. The Labute approximate surface area is 194 Å². The fraction of sp³-hybridized carbons (Fsp3) is 0.320. The Morgan fingerprint density at radius 1 is 1.12 bits per heavy atom. The number of oxime groups is 1. The third-order valence-corrected chi connectivity index (χ3v) is 7.66. The van der Waals surface area contributed by atoms with Crippen LogP contribution in [-0.2, 0) is 14.4 Å². The van der Waals surface area contributed by atoms with Gasteiger partial charge in [0.15, 0.2) is 0 Å². The summed E-state index contributed by atoms with van der Waals surface area (Å²) in [5.74, 6) is -1.44. The van der Waals surface area contributed by atoms with E-state index in [2.05, 4.69) is 11.7 Å². The summed E-state index contributed by atoms with van der Waals surface area (Å²) in [4.78, 5) is 33.7. The van der Waals surface area contributed by atoms with E-state index < -0.39 is 17.7 Å². The molecule has 2 aromatic rings. The zero-order valence-electron chi connectivity index (χ0n) is 17.5. The van der Waals surface area contributed by atoms with Crippen molar-refractivity contribution in [2.24, 2.45) is 34.7 Å². The van der Waals surface area contributed by atoms with Gasteiger partial charge in [-0.2, -0.15) is 0 Å². The Morgan fingerprint density at radius 3 is 2.55 bits per heavy atom. The highest BCUT2D eigenvalue weighted by molar-refractivity contribution is 6.31. The Kier molecular flexibility index (Phi) is 4.59. The molecule has 0 unspecified atom stereocenters. The first kappa shape index (κ1) is 20.4. The first-order chi connectivity index (χ1) is 16.0. The fourth-order valence-electron chi connectivity index (χ4n) is 6.12. The highest BCUT2D eigenvalue weighted by Gasteiger charge is 2.70. The van der Waals surface area contributed by atoms with Crippen LogP contribution in [0.2, 0.25) is 5.02 Å². The summed E-state index contributed by atoms with van der Waals surface area (Å²) < 4.78 is 19.2. The third kappa shape index (κ3) is 2.88. The molecule has 168 valence electrons. The summed E-state index contributed by atoms with van der Waals surface area (Å²) in [5, 5.41) is 4.24. The van der Waals surface area contributed by atoms with Crippen LogP contribution in [0, 0.1) is 35.4 Å². The number of hydrogen-bond acceptors (Lipinski definition) is 5. The molecule has 0 aromatic heterocycles. The Hall–Kier alpha value is -3.19. The van der Waals surface area contributed by atoms with Gasteiger partial charge >= 0.3 is 0 Å². The molecule has 2 bridgehead atoms. The molecule has 1 saturated heterocycles. The summed E-state index contributed by atoms with van der Waals surface area (Å²) in [7, 11) is 0. The van der Waals surface area contributed by atoms with Crippen molar-refractivity contribution >= 4 is 34.8 Å². The molecule has 2 saturated carbocycles. The van der Waals surface area contributed by atoms with Crippen LogP contribution in [0.4, 0.5) is 10.1 Å². The van der Waals surface area contributed by atoms with Gasteiger partial charge in [0, 0.05) is 17.4 Å². The topological polar surface area (TPSA) is 68.2 Å². The van der Waals surface area contributed by atoms with Crippen LogP contribution < -0.4 is 9.64 Å². The molecular weight excluding hydrogens is 447 g/mol. The van der Waals surface area contributed by atoms with E-state index in [1.165, 1.54) is 23.1 Å². The van der Waals surface area contributed by atoms with E-state index in [-0.39, 0.29) is 40.7 Å². The molecule has 33 heavy (non-hydrogen) atoms. The van der Waals surface area contributed by atoms with Crippen molar-refractivity contribution in [1.82, 2.24) is 0 Å². The molecule has 6 atom stereocenters. The van der Waals surface area contributed by atoms with Gasteiger partial charge in [0.05, 0.1) is 28.3 Å². The maximum absolute atomic E-state index is 13.6. The van der Waals surface area contributed by atoms with Gasteiger partial charge in [-0.05, 0) is 54.8 Å². The number of amides is 2. The second-order valence-corrected chi connectivity index (χ2v) is 9.33. The molecular formula is C25H20ClFN2O4. The highest BCUT2D eigenvalue weighted by atomic mass is 35.5. The standard InChI is InChI=1S/C25H20ClFN2O4/c1-2-9-32-14-6-3-12(4-7-14)22-21-15-11-16(23(21)33-28-22)20-19(15)24(30)29(25(20)31)13-5-8-18(27)17(26)10-13/h2-8,10,15-16,19-21,23H,1,9,11H2/t15-,16+,19-,20+,21-,23-/m1/s1. The second kappa shape index (κ2) is 7.42. The predicted octanol–water partition coefficient (Wildman–Crippen LogP) is 4.22. The number of ether oxygens (including phenoxy) is 1. The lowest BCUT2D eigenvalue weighted by molar-refractivity contribution is -0.125. The molecule has 8 heteroatoms. The molecule has 2 heterocycles. The zero-order valence-corrected chi connectivity index (χ0v) is 18.2. The maximum atomic E-state index is 13.6. The van der Waals surface area contributed by atoms with Crippen molar-refractivity contribution in [3.8, 4) is 5.75 Å². The zero-order chi connectivity index (χ0) is 22.9. The second-order valence-electron chi connectivity index (χ2n) is 8.92. The number of nitrogens with zero attached hydrogens (tertiary/aromatic N) is 2. The van der Waals surface area contributed by atoms with Gasteiger partial charge in [0.2, 0.25) is 11.8 Å². The van der Waals surface area contributed by atoms with Gasteiger partial charge in [-0.25, -0.2) is 9.29 Å². The van der Waals surface area contributed by atoms with Crippen molar-refractivity contribution in [2.45, 2.75) is 12.5 Å². The molecule has 3 fully saturated rings. The SMILES string of the molecule is C=CCOc1ccc(C2=NO[C@@H]3[C@H]4C[C@H]([C@H]5C(=O)N(c6ccc(F)c(Cl)c6)C(=O)[C@@H]45)[C@H]23)cc1.